The molecule has 1 aromatic heterocycles. The van der Waals surface area contributed by atoms with Crippen LogP contribution in [0.2, 0.25) is 5.15 Å². The van der Waals surface area contributed by atoms with Crippen LogP contribution in [0.25, 0.3) is 5.70 Å². The molecule has 1 rings (SSSR count). The Morgan fingerprint density at radius 1 is 1.77 bits per heavy atom. The minimum atomic E-state index is 0.405. The molecule has 0 atom stereocenters. The molecule has 0 radical (unpaired) electrons. The first kappa shape index (κ1) is 10.5. The number of allylic oxidation sites excluding steroid dienone is 1. The van der Waals surface area contributed by atoms with Gasteiger partial charge in [0.25, 0.3) is 0 Å². The van der Waals surface area contributed by atoms with Gasteiger partial charge in [0.2, 0.25) is 0 Å². The lowest BCUT2D eigenvalue weighted by Crippen LogP contribution is -2.23. The summed E-state index contributed by atoms with van der Waals surface area (Å²) < 4.78 is 2.39. The summed E-state index contributed by atoms with van der Waals surface area (Å²) in [5.74, 6) is 0. The molecule has 0 aliphatic heterocycles. The van der Waals surface area contributed by atoms with Crippen molar-refractivity contribution in [3.05, 3.63) is 27.8 Å². The molecule has 1 heterocycles. The van der Waals surface area contributed by atoms with E-state index in [2.05, 4.69) is 32.6 Å². The summed E-state index contributed by atoms with van der Waals surface area (Å²) in [6.07, 6.45) is 0. The van der Waals surface area contributed by atoms with Crippen LogP contribution in [0.15, 0.2) is 22.1 Å². The normalized spacial score (nSPS) is 11.8. The zero-order chi connectivity index (χ0) is 10.0. The second-order valence-corrected chi connectivity index (χ2v) is 3.75. The molecule has 0 unspecified atom stereocenters. The predicted molar refractivity (Wildman–Crippen MR) is 57.4 cm³/mol. The van der Waals surface area contributed by atoms with Crippen molar-refractivity contribution >= 4 is 33.2 Å². The van der Waals surface area contributed by atoms with Gasteiger partial charge in [0.15, 0.2) is 10.6 Å². The Balaban J connectivity index is 3.58. The second-order valence-electron chi connectivity index (χ2n) is 2.51. The van der Waals surface area contributed by atoms with Gasteiger partial charge in [-0.05, 0) is 28.9 Å². The summed E-state index contributed by atoms with van der Waals surface area (Å²) in [6, 6.07) is 1.70. The first-order valence-corrected chi connectivity index (χ1v) is 4.77. The van der Waals surface area contributed by atoms with Crippen molar-refractivity contribution in [1.29, 1.82) is 0 Å². The van der Waals surface area contributed by atoms with Gasteiger partial charge >= 0.3 is 0 Å². The van der Waals surface area contributed by atoms with E-state index in [9.17, 15) is 0 Å². The molecule has 13 heavy (non-hydrogen) atoms. The fourth-order valence-corrected chi connectivity index (χ4v) is 1.79. The Hall–Kier alpha value is -0.610. The number of hydrogen-bond acceptors (Lipinski definition) is 2. The van der Waals surface area contributed by atoms with Crippen LogP contribution >= 0.6 is 27.5 Å². The summed E-state index contributed by atoms with van der Waals surface area (Å²) >= 11 is 9.12. The van der Waals surface area contributed by atoms with Crippen LogP contribution < -0.4 is 5.49 Å². The third-order valence-corrected chi connectivity index (χ3v) is 2.20. The van der Waals surface area contributed by atoms with Gasteiger partial charge in [-0.25, -0.2) is 4.68 Å². The van der Waals surface area contributed by atoms with E-state index in [0.717, 1.165) is 10.2 Å². The highest BCUT2D eigenvalue weighted by atomic mass is 79.9. The molecule has 0 spiro atoms. The molecule has 1 aromatic rings. The number of rotatable bonds is 1. The molecule has 70 valence electrons. The third kappa shape index (κ3) is 2.19. The molecule has 0 saturated heterocycles. The summed E-state index contributed by atoms with van der Waals surface area (Å²) in [6.45, 7) is 5.61. The van der Waals surface area contributed by atoms with Crippen LogP contribution in [0.3, 0.4) is 0 Å². The monoisotopic (exact) mass is 261 g/mol. The van der Waals surface area contributed by atoms with E-state index in [1.807, 2.05) is 6.92 Å². The molecule has 0 amide bonds. The lowest BCUT2D eigenvalue weighted by molar-refractivity contribution is 0.790. The SMILES string of the molecule is C=C(C)n1nc(Cl)cc(Br)c1=NC. The van der Waals surface area contributed by atoms with Gasteiger partial charge in [0.05, 0.1) is 4.47 Å². The van der Waals surface area contributed by atoms with Crippen molar-refractivity contribution in [3.8, 4) is 0 Å². The number of aromatic nitrogens is 2. The molecule has 0 fully saturated rings. The van der Waals surface area contributed by atoms with Gasteiger partial charge in [0, 0.05) is 12.7 Å². The van der Waals surface area contributed by atoms with E-state index in [-0.39, 0.29) is 0 Å². The maximum Gasteiger partial charge on any atom is 0.163 e. The zero-order valence-corrected chi connectivity index (χ0v) is 9.72. The quantitative estimate of drug-likeness (QED) is 0.764. The van der Waals surface area contributed by atoms with Gasteiger partial charge < -0.3 is 0 Å². The minimum Gasteiger partial charge on any atom is -0.269 e. The predicted octanol–water partition coefficient (Wildman–Crippen LogP) is 2.32. The lowest BCUT2D eigenvalue weighted by Gasteiger charge is -2.06. The molecular weight excluding hydrogens is 253 g/mol. The summed E-state index contributed by atoms with van der Waals surface area (Å²) in [4.78, 5) is 4.07. The number of halogens is 2. The van der Waals surface area contributed by atoms with Crippen molar-refractivity contribution in [2.24, 2.45) is 4.99 Å². The molecule has 0 N–H and O–H groups in total. The molecule has 0 saturated carbocycles. The molecular formula is C8H9BrClN3. The molecule has 0 aliphatic carbocycles. The second kappa shape index (κ2) is 4.07. The van der Waals surface area contributed by atoms with Crippen LogP contribution in [0, 0.1) is 0 Å². The molecule has 0 aliphatic rings. The smallest absolute Gasteiger partial charge is 0.163 e. The van der Waals surface area contributed by atoms with Gasteiger partial charge in [-0.1, -0.05) is 18.2 Å². The van der Waals surface area contributed by atoms with Gasteiger partial charge in [-0.2, -0.15) is 5.10 Å². The molecule has 5 heteroatoms. The number of nitrogens with zero attached hydrogens (tertiary/aromatic N) is 3. The Labute approximate surface area is 89.9 Å². The van der Waals surface area contributed by atoms with Crippen LogP contribution in [0.4, 0.5) is 0 Å². The average molecular weight is 263 g/mol. The van der Waals surface area contributed by atoms with Crippen LogP contribution in [0.1, 0.15) is 6.92 Å². The first-order chi connectivity index (χ1) is 6.06. The first-order valence-electron chi connectivity index (χ1n) is 3.60. The van der Waals surface area contributed by atoms with Crippen LogP contribution in [-0.2, 0) is 0 Å². The third-order valence-electron chi connectivity index (χ3n) is 1.43. The largest absolute Gasteiger partial charge is 0.269 e. The topological polar surface area (TPSA) is 30.2 Å². The van der Waals surface area contributed by atoms with E-state index in [1.54, 1.807) is 17.8 Å². The fraction of sp³-hybridized carbons (Fsp3) is 0.250. The van der Waals surface area contributed by atoms with Crippen molar-refractivity contribution in [2.45, 2.75) is 6.92 Å². The maximum absolute atomic E-state index is 5.78. The highest BCUT2D eigenvalue weighted by Gasteiger charge is 2.02. The fourth-order valence-electron chi connectivity index (χ4n) is 0.910. The van der Waals surface area contributed by atoms with Crippen molar-refractivity contribution in [1.82, 2.24) is 9.78 Å². The van der Waals surface area contributed by atoms with E-state index in [1.165, 1.54) is 0 Å². The van der Waals surface area contributed by atoms with E-state index in [4.69, 9.17) is 11.6 Å². The molecule has 3 nitrogen and oxygen atoms in total. The van der Waals surface area contributed by atoms with Gasteiger partial charge in [0.1, 0.15) is 0 Å². The number of hydrogen-bond donors (Lipinski definition) is 0. The highest BCUT2D eigenvalue weighted by Crippen LogP contribution is 2.10. The molecule has 0 bridgehead atoms. The highest BCUT2D eigenvalue weighted by molar-refractivity contribution is 9.10. The zero-order valence-electron chi connectivity index (χ0n) is 7.38. The summed E-state index contributed by atoms with van der Waals surface area (Å²) in [5.41, 5.74) is 1.47. The van der Waals surface area contributed by atoms with Crippen LogP contribution in [-0.4, -0.2) is 16.8 Å². The van der Waals surface area contributed by atoms with Crippen molar-refractivity contribution in [3.63, 3.8) is 0 Å². The Morgan fingerprint density at radius 3 is 2.85 bits per heavy atom. The van der Waals surface area contributed by atoms with Crippen LogP contribution in [0.5, 0.6) is 0 Å². The summed E-state index contributed by atoms with van der Waals surface area (Å²) in [5, 5.41) is 4.47. The molecule has 0 aromatic carbocycles. The standard InChI is InChI=1S/C8H9BrClN3/c1-5(2)13-8(11-3)6(9)4-7(10)12-13/h4H,1H2,2-3H3. The van der Waals surface area contributed by atoms with E-state index < -0.39 is 0 Å². The van der Waals surface area contributed by atoms with Gasteiger partial charge in [-0.15, -0.1) is 0 Å². The van der Waals surface area contributed by atoms with Crippen molar-refractivity contribution in [2.75, 3.05) is 7.05 Å². The van der Waals surface area contributed by atoms with Crippen molar-refractivity contribution < 1.29 is 0 Å². The van der Waals surface area contributed by atoms with E-state index >= 15 is 0 Å². The minimum absolute atomic E-state index is 0.405. The van der Waals surface area contributed by atoms with E-state index in [0.29, 0.717) is 10.6 Å². The Kier molecular flexibility index (Phi) is 3.27. The average Bonchev–Trinajstić information content (AvgIpc) is 2.02. The lowest BCUT2D eigenvalue weighted by atomic mass is 10.5. The Bertz CT molecular complexity index is 408. The summed E-state index contributed by atoms with van der Waals surface area (Å²) in [7, 11) is 1.69. The Morgan fingerprint density at radius 2 is 2.38 bits per heavy atom. The van der Waals surface area contributed by atoms with Gasteiger partial charge in [-0.3, -0.25) is 4.99 Å². The maximum atomic E-state index is 5.78.